The Bertz CT molecular complexity index is 970. The molecular formula is C23H26F2IN3O2. The molecule has 4 rings (SSSR count). The van der Waals surface area contributed by atoms with Crippen LogP contribution in [0.2, 0.25) is 0 Å². The quantitative estimate of drug-likeness (QED) is 0.341. The molecule has 1 fully saturated rings. The van der Waals surface area contributed by atoms with Gasteiger partial charge in [0, 0.05) is 35.2 Å². The zero-order valence-corrected chi connectivity index (χ0v) is 19.4. The van der Waals surface area contributed by atoms with Crippen LogP contribution < -0.4 is 15.5 Å². The Morgan fingerprint density at radius 2 is 1.84 bits per heavy atom. The van der Waals surface area contributed by atoms with Crippen molar-refractivity contribution in [2.24, 2.45) is 5.84 Å². The molecule has 0 bridgehead atoms. The minimum Gasteiger partial charge on any atom is -0.490 e. The van der Waals surface area contributed by atoms with Crippen LogP contribution in [0.3, 0.4) is 0 Å². The highest BCUT2D eigenvalue weighted by Gasteiger charge is 2.35. The number of hydrogen-bond donors (Lipinski definition) is 2. The summed E-state index contributed by atoms with van der Waals surface area (Å²) in [5.74, 6) is 5.55. The molecule has 3 N–H and O–H groups in total. The normalized spacial score (nSPS) is 18.2. The maximum atomic E-state index is 14.5. The van der Waals surface area contributed by atoms with Crippen molar-refractivity contribution in [3.8, 4) is 5.75 Å². The topological polar surface area (TPSA) is 62.0 Å². The average molecular weight is 541 g/mol. The van der Waals surface area contributed by atoms with Crippen LogP contribution in [-0.2, 0) is 10.8 Å². The first kappa shape index (κ1) is 22.3. The number of hydrazine groups is 1. The zero-order valence-electron chi connectivity index (χ0n) is 17.2. The Morgan fingerprint density at radius 1 is 1.16 bits per heavy atom. The van der Waals surface area contributed by atoms with Crippen LogP contribution in [0.15, 0.2) is 36.9 Å². The number of halogens is 3. The lowest BCUT2D eigenvalue weighted by atomic mass is 9.91. The predicted octanol–water partition coefficient (Wildman–Crippen LogP) is 4.01. The number of alkyl halides is 1. The van der Waals surface area contributed by atoms with Crippen LogP contribution in [0.1, 0.15) is 29.5 Å². The van der Waals surface area contributed by atoms with Crippen LogP contribution in [0.25, 0.3) is 5.70 Å². The lowest BCUT2D eigenvalue weighted by Crippen LogP contribution is -2.48. The van der Waals surface area contributed by atoms with Crippen molar-refractivity contribution in [1.82, 2.24) is 5.01 Å². The maximum absolute atomic E-state index is 14.5. The van der Waals surface area contributed by atoms with Gasteiger partial charge in [-0.2, -0.15) is 0 Å². The molecular weight excluding hydrogens is 515 g/mol. The third kappa shape index (κ3) is 4.51. The Hall–Kier alpha value is -1.91. The summed E-state index contributed by atoms with van der Waals surface area (Å²) in [4.78, 5) is 1.67. The van der Waals surface area contributed by atoms with Gasteiger partial charge in [-0.05, 0) is 43.0 Å². The van der Waals surface area contributed by atoms with E-state index in [2.05, 4.69) is 29.2 Å². The van der Waals surface area contributed by atoms with Crippen LogP contribution in [0, 0.1) is 11.6 Å². The summed E-state index contributed by atoms with van der Waals surface area (Å²) in [5.41, 5.74) is 2.28. The fourth-order valence-electron chi connectivity index (χ4n) is 4.25. The van der Waals surface area contributed by atoms with Crippen molar-refractivity contribution in [3.63, 3.8) is 0 Å². The first-order chi connectivity index (χ1) is 14.8. The summed E-state index contributed by atoms with van der Waals surface area (Å²) in [7, 11) is 0. The molecule has 0 aromatic heterocycles. The molecule has 0 radical (unpaired) electrons. The highest BCUT2D eigenvalue weighted by Crippen LogP contribution is 2.35. The van der Waals surface area contributed by atoms with Crippen LogP contribution in [-0.4, -0.2) is 42.0 Å². The summed E-state index contributed by atoms with van der Waals surface area (Å²) in [6.07, 6.45) is 1.45. The van der Waals surface area contributed by atoms with Crippen LogP contribution >= 0.6 is 22.6 Å². The van der Waals surface area contributed by atoms with Crippen LogP contribution in [0.5, 0.6) is 5.75 Å². The molecule has 0 spiro atoms. The smallest absolute Gasteiger partial charge is 0.149 e. The third-order valence-corrected chi connectivity index (χ3v) is 7.01. The van der Waals surface area contributed by atoms with E-state index in [-0.39, 0.29) is 12.3 Å². The number of piperidine rings is 1. The molecule has 0 unspecified atom stereocenters. The molecule has 31 heavy (non-hydrogen) atoms. The molecule has 8 heteroatoms. The highest BCUT2D eigenvalue weighted by atomic mass is 127. The number of rotatable bonds is 5. The summed E-state index contributed by atoms with van der Waals surface area (Å²) < 4.78 is 35.5. The maximum Gasteiger partial charge on any atom is 0.149 e. The van der Waals surface area contributed by atoms with Gasteiger partial charge in [0.15, 0.2) is 0 Å². The van der Waals surface area contributed by atoms with E-state index in [1.165, 1.54) is 12.1 Å². The van der Waals surface area contributed by atoms with E-state index in [0.717, 1.165) is 23.2 Å². The van der Waals surface area contributed by atoms with E-state index < -0.39 is 17.2 Å². The molecule has 0 atom stereocenters. The third-order valence-electron chi connectivity index (χ3n) is 6.13. The van der Waals surface area contributed by atoms with Gasteiger partial charge in [0.1, 0.15) is 35.3 Å². The van der Waals surface area contributed by atoms with Gasteiger partial charge in [-0.25, -0.2) is 14.6 Å². The Kier molecular flexibility index (Phi) is 6.41. The molecule has 2 heterocycles. The number of benzene rings is 2. The molecule has 2 aliphatic rings. The molecule has 0 aliphatic carbocycles. The predicted molar refractivity (Wildman–Crippen MR) is 126 cm³/mol. The zero-order chi connectivity index (χ0) is 22.2. The lowest BCUT2D eigenvalue weighted by molar-refractivity contribution is -0.0245. The fourth-order valence-corrected chi connectivity index (χ4v) is 4.69. The minimum absolute atomic E-state index is 0.0152. The van der Waals surface area contributed by atoms with Gasteiger partial charge in [-0.1, -0.05) is 41.3 Å². The van der Waals surface area contributed by atoms with E-state index in [9.17, 15) is 13.9 Å². The molecule has 0 amide bonds. The molecule has 0 saturated carbocycles. The fraction of sp³-hybridized carbons (Fsp3) is 0.391. The molecule has 2 aromatic carbocycles. The number of nitrogens with zero attached hydrogens (tertiary/aromatic N) is 2. The first-order valence-electron chi connectivity index (χ1n) is 10.3. The molecule has 5 nitrogen and oxygen atoms in total. The van der Waals surface area contributed by atoms with Gasteiger partial charge >= 0.3 is 0 Å². The number of hydrogen-bond acceptors (Lipinski definition) is 5. The van der Waals surface area contributed by atoms with E-state index in [4.69, 9.17) is 10.6 Å². The second kappa shape index (κ2) is 8.91. The SMILES string of the molecule is C=C1c2cccc(OCC3(O)CCN(c4c(F)cc(CI)cc4F)CC3)c2CCN1N. The summed E-state index contributed by atoms with van der Waals surface area (Å²) in [6.45, 7) is 5.50. The summed E-state index contributed by atoms with van der Waals surface area (Å²) >= 11 is 2.08. The average Bonchev–Trinajstić information content (AvgIpc) is 2.76. The van der Waals surface area contributed by atoms with Gasteiger partial charge in [0.05, 0.1) is 5.70 Å². The van der Waals surface area contributed by atoms with Crippen molar-refractivity contribution < 1.29 is 18.6 Å². The standard InChI is InChI=1S/C23H26F2IN3O2/c1-15-17-3-2-4-21(18(17)5-8-29(15)27)31-14-23(30)6-9-28(10-7-23)22-19(24)11-16(13-26)12-20(22)25/h2-4,11-12,30H,1,5-10,13-14,27H2. The van der Waals surface area contributed by atoms with E-state index >= 15 is 0 Å². The van der Waals surface area contributed by atoms with Crippen molar-refractivity contribution in [3.05, 3.63) is 65.2 Å². The number of ether oxygens (including phenoxy) is 1. The Balaban J connectivity index is 1.42. The summed E-state index contributed by atoms with van der Waals surface area (Å²) in [6, 6.07) is 8.49. The Labute approximate surface area is 194 Å². The number of nitrogens with two attached hydrogens (primary N) is 1. The molecule has 1 saturated heterocycles. The van der Waals surface area contributed by atoms with Crippen molar-refractivity contribution in [2.45, 2.75) is 29.3 Å². The largest absolute Gasteiger partial charge is 0.490 e. The van der Waals surface area contributed by atoms with Gasteiger partial charge in [-0.3, -0.25) is 0 Å². The van der Waals surface area contributed by atoms with Crippen molar-refractivity contribution in [2.75, 3.05) is 31.1 Å². The van der Waals surface area contributed by atoms with E-state index in [1.807, 2.05) is 18.2 Å². The van der Waals surface area contributed by atoms with Gasteiger partial charge in [-0.15, -0.1) is 0 Å². The number of anilines is 1. The number of fused-ring (bicyclic) bond motifs is 1. The monoisotopic (exact) mass is 541 g/mol. The van der Waals surface area contributed by atoms with Crippen molar-refractivity contribution in [1.29, 1.82) is 0 Å². The molecule has 2 aromatic rings. The highest BCUT2D eigenvalue weighted by molar-refractivity contribution is 14.1. The Morgan fingerprint density at radius 3 is 2.48 bits per heavy atom. The van der Waals surface area contributed by atoms with Gasteiger partial charge in [0.25, 0.3) is 0 Å². The van der Waals surface area contributed by atoms with E-state index in [1.54, 1.807) is 9.91 Å². The molecule has 166 valence electrons. The van der Waals surface area contributed by atoms with E-state index in [0.29, 0.717) is 48.2 Å². The molecule has 2 aliphatic heterocycles. The van der Waals surface area contributed by atoms with Gasteiger partial charge in [0.2, 0.25) is 0 Å². The first-order valence-corrected chi connectivity index (χ1v) is 11.8. The second-order valence-electron chi connectivity index (χ2n) is 8.21. The van der Waals surface area contributed by atoms with Crippen molar-refractivity contribution >= 4 is 34.0 Å². The second-order valence-corrected chi connectivity index (χ2v) is 8.98. The minimum atomic E-state index is -1.06. The lowest BCUT2D eigenvalue weighted by Gasteiger charge is -2.39. The van der Waals surface area contributed by atoms with Crippen LogP contribution in [0.4, 0.5) is 14.5 Å². The number of aliphatic hydroxyl groups is 1. The summed E-state index contributed by atoms with van der Waals surface area (Å²) in [5, 5.41) is 12.7. The van der Waals surface area contributed by atoms with Gasteiger partial charge < -0.3 is 19.8 Å².